The molecule has 0 N–H and O–H groups in total. The lowest BCUT2D eigenvalue weighted by Crippen LogP contribution is -2.16. The Bertz CT molecular complexity index is 418. The lowest BCUT2D eigenvalue weighted by Gasteiger charge is -2.25. The molecule has 0 amide bonds. The highest BCUT2D eigenvalue weighted by Crippen LogP contribution is 2.33. The minimum Gasteiger partial charge on any atom is -0.418 e. The van der Waals surface area contributed by atoms with Gasteiger partial charge in [0.05, 0.1) is 0 Å². The zero-order valence-corrected chi connectivity index (χ0v) is 13.5. The molecule has 0 heterocycles. The number of hydrogen-bond acceptors (Lipinski definition) is 2. The van der Waals surface area contributed by atoms with Crippen molar-refractivity contribution in [1.29, 1.82) is 0 Å². The molecule has 0 aliphatic carbocycles. The third-order valence-corrected chi connectivity index (χ3v) is 3.00. The molecule has 0 radical (unpaired) electrons. The summed E-state index contributed by atoms with van der Waals surface area (Å²) in [4.78, 5) is 10.6. The van der Waals surface area contributed by atoms with Crippen LogP contribution in [0.15, 0.2) is 18.2 Å². The Labute approximate surface area is 118 Å². The topological polar surface area (TPSA) is 26.3 Å². The SMILES string of the molecule is CC(C)(C)c1cc(OC(=O)Br)cc(C(C)(C)C)c1. The van der Waals surface area contributed by atoms with E-state index in [9.17, 15) is 4.79 Å². The summed E-state index contributed by atoms with van der Waals surface area (Å²) < 4.78 is 5.16. The summed E-state index contributed by atoms with van der Waals surface area (Å²) >= 11 is 2.80. The zero-order chi connectivity index (χ0) is 14.1. The van der Waals surface area contributed by atoms with Crippen molar-refractivity contribution in [2.45, 2.75) is 52.4 Å². The monoisotopic (exact) mass is 312 g/mol. The second kappa shape index (κ2) is 5.04. The van der Waals surface area contributed by atoms with Crippen LogP contribution in [0.1, 0.15) is 52.7 Å². The van der Waals surface area contributed by atoms with Crippen molar-refractivity contribution >= 4 is 20.8 Å². The second-order valence-corrected chi connectivity index (χ2v) is 7.23. The van der Waals surface area contributed by atoms with E-state index in [1.807, 2.05) is 12.1 Å². The molecule has 1 aromatic carbocycles. The van der Waals surface area contributed by atoms with Crippen LogP contribution in [0.4, 0.5) is 4.79 Å². The van der Waals surface area contributed by atoms with Gasteiger partial charge in [-0.15, -0.1) is 0 Å². The van der Waals surface area contributed by atoms with E-state index < -0.39 is 4.88 Å². The highest BCUT2D eigenvalue weighted by Gasteiger charge is 2.21. The Balaban J connectivity index is 3.34. The van der Waals surface area contributed by atoms with Gasteiger partial charge in [-0.1, -0.05) is 47.6 Å². The standard InChI is InChI=1S/C15H21BrO2/c1-14(2,3)10-7-11(15(4,5)6)9-12(8-10)18-13(16)17/h7-9H,1-6H3. The maximum atomic E-state index is 11.0. The van der Waals surface area contributed by atoms with Crippen LogP contribution in [-0.4, -0.2) is 4.88 Å². The molecule has 0 bridgehead atoms. The molecule has 0 fully saturated rings. The molecule has 18 heavy (non-hydrogen) atoms. The van der Waals surface area contributed by atoms with Crippen molar-refractivity contribution in [2.24, 2.45) is 0 Å². The van der Waals surface area contributed by atoms with E-state index >= 15 is 0 Å². The van der Waals surface area contributed by atoms with Crippen molar-refractivity contribution in [1.82, 2.24) is 0 Å². The molecule has 0 spiro atoms. The fourth-order valence-electron chi connectivity index (χ4n) is 1.62. The van der Waals surface area contributed by atoms with Gasteiger partial charge in [-0.05, 0) is 34.1 Å². The molecule has 0 aromatic heterocycles. The highest BCUT2D eigenvalue weighted by molar-refractivity contribution is 9.18. The number of carbonyl (C=O) groups excluding carboxylic acids is 1. The predicted molar refractivity (Wildman–Crippen MR) is 78.8 cm³/mol. The summed E-state index contributed by atoms with van der Waals surface area (Å²) in [7, 11) is 0. The molecular weight excluding hydrogens is 292 g/mol. The zero-order valence-electron chi connectivity index (χ0n) is 11.9. The first kappa shape index (κ1) is 15.2. The van der Waals surface area contributed by atoms with E-state index in [4.69, 9.17) is 4.74 Å². The summed E-state index contributed by atoms with van der Waals surface area (Å²) in [5, 5.41) is 0. The Kier molecular flexibility index (Phi) is 4.26. The molecular formula is C15H21BrO2. The number of halogens is 1. The van der Waals surface area contributed by atoms with Gasteiger partial charge in [0.1, 0.15) is 5.75 Å². The average molecular weight is 313 g/mol. The van der Waals surface area contributed by atoms with Gasteiger partial charge in [-0.2, -0.15) is 0 Å². The number of rotatable bonds is 1. The molecule has 1 rings (SSSR count). The van der Waals surface area contributed by atoms with Crippen molar-refractivity contribution in [3.8, 4) is 5.75 Å². The Morgan fingerprint density at radius 3 is 1.61 bits per heavy atom. The van der Waals surface area contributed by atoms with Gasteiger partial charge in [0.15, 0.2) is 0 Å². The van der Waals surface area contributed by atoms with Gasteiger partial charge in [-0.25, -0.2) is 4.79 Å². The number of ether oxygens (including phenoxy) is 1. The summed E-state index contributed by atoms with van der Waals surface area (Å²) in [6.07, 6.45) is 0. The molecule has 2 nitrogen and oxygen atoms in total. The normalized spacial score (nSPS) is 12.4. The van der Waals surface area contributed by atoms with Crippen LogP contribution in [0.2, 0.25) is 0 Å². The first-order chi connectivity index (χ1) is 8.00. The third kappa shape index (κ3) is 4.13. The molecule has 1 aromatic rings. The third-order valence-electron chi connectivity index (χ3n) is 2.84. The summed E-state index contributed by atoms with van der Waals surface area (Å²) in [6.45, 7) is 12.9. The fourth-order valence-corrected chi connectivity index (χ4v) is 1.80. The Morgan fingerprint density at radius 2 is 1.33 bits per heavy atom. The van der Waals surface area contributed by atoms with Crippen molar-refractivity contribution < 1.29 is 9.53 Å². The summed E-state index contributed by atoms with van der Waals surface area (Å²) in [5.41, 5.74) is 2.38. The van der Waals surface area contributed by atoms with Gasteiger partial charge in [-0.3, -0.25) is 0 Å². The molecule has 0 saturated heterocycles. The summed E-state index contributed by atoms with van der Waals surface area (Å²) in [5.74, 6) is 0.592. The number of benzene rings is 1. The molecule has 0 saturated carbocycles. The smallest absolute Gasteiger partial charge is 0.379 e. The lowest BCUT2D eigenvalue weighted by molar-refractivity contribution is 0.228. The van der Waals surface area contributed by atoms with Crippen LogP contribution in [0.25, 0.3) is 0 Å². The second-order valence-electron chi connectivity index (χ2n) is 6.59. The van der Waals surface area contributed by atoms with Crippen LogP contribution in [0, 0.1) is 0 Å². The van der Waals surface area contributed by atoms with Gasteiger partial charge < -0.3 is 4.74 Å². The number of carbonyl (C=O) groups is 1. The Hall–Kier alpha value is -0.830. The van der Waals surface area contributed by atoms with Gasteiger partial charge in [0, 0.05) is 15.9 Å². The van der Waals surface area contributed by atoms with E-state index in [0.29, 0.717) is 5.75 Å². The molecule has 0 aliphatic heterocycles. The number of hydrogen-bond donors (Lipinski definition) is 0. The van der Waals surface area contributed by atoms with Crippen molar-refractivity contribution in [3.63, 3.8) is 0 Å². The Morgan fingerprint density at radius 1 is 0.944 bits per heavy atom. The van der Waals surface area contributed by atoms with Crippen LogP contribution in [-0.2, 0) is 10.8 Å². The largest absolute Gasteiger partial charge is 0.418 e. The van der Waals surface area contributed by atoms with Crippen LogP contribution >= 0.6 is 15.9 Å². The van der Waals surface area contributed by atoms with Crippen LogP contribution in [0.3, 0.4) is 0 Å². The molecule has 0 atom stereocenters. The minimum absolute atomic E-state index is 0.0226. The van der Waals surface area contributed by atoms with E-state index in [-0.39, 0.29) is 10.8 Å². The maximum Gasteiger partial charge on any atom is 0.379 e. The fraction of sp³-hybridized carbons (Fsp3) is 0.533. The first-order valence-electron chi connectivity index (χ1n) is 6.03. The van der Waals surface area contributed by atoms with E-state index in [0.717, 1.165) is 0 Å². The predicted octanol–water partition coefficient (Wildman–Crippen LogP) is 5.18. The maximum absolute atomic E-state index is 11.0. The summed E-state index contributed by atoms with van der Waals surface area (Å²) in [6, 6.07) is 6.04. The van der Waals surface area contributed by atoms with E-state index in [2.05, 4.69) is 63.5 Å². The van der Waals surface area contributed by atoms with Crippen LogP contribution < -0.4 is 4.74 Å². The van der Waals surface area contributed by atoms with Crippen LogP contribution in [0.5, 0.6) is 5.75 Å². The van der Waals surface area contributed by atoms with Crippen molar-refractivity contribution in [3.05, 3.63) is 29.3 Å². The quantitative estimate of drug-likeness (QED) is 0.668. The first-order valence-corrected chi connectivity index (χ1v) is 6.83. The van der Waals surface area contributed by atoms with Gasteiger partial charge in [0.25, 0.3) is 0 Å². The average Bonchev–Trinajstić information content (AvgIpc) is 2.13. The molecule has 100 valence electrons. The minimum atomic E-state index is -0.464. The van der Waals surface area contributed by atoms with Gasteiger partial charge in [0.2, 0.25) is 0 Å². The molecule has 0 aliphatic rings. The van der Waals surface area contributed by atoms with Gasteiger partial charge >= 0.3 is 4.88 Å². The van der Waals surface area contributed by atoms with E-state index in [1.165, 1.54) is 11.1 Å². The molecule has 0 unspecified atom stereocenters. The van der Waals surface area contributed by atoms with Crippen molar-refractivity contribution in [2.75, 3.05) is 0 Å². The highest BCUT2D eigenvalue weighted by atomic mass is 79.9. The lowest BCUT2D eigenvalue weighted by atomic mass is 9.80. The molecule has 3 heteroatoms. The van der Waals surface area contributed by atoms with E-state index in [1.54, 1.807) is 0 Å².